The Balaban J connectivity index is 1.69. The first-order chi connectivity index (χ1) is 16.7. The van der Waals surface area contributed by atoms with E-state index in [4.69, 9.17) is 5.73 Å². The fourth-order valence-corrected chi connectivity index (χ4v) is 3.96. The summed E-state index contributed by atoms with van der Waals surface area (Å²) in [5, 5.41) is 3.10. The van der Waals surface area contributed by atoms with Crippen LogP contribution >= 0.6 is 11.8 Å². The molecule has 0 atom stereocenters. The van der Waals surface area contributed by atoms with Crippen molar-refractivity contribution in [2.75, 3.05) is 16.8 Å². The molecule has 35 heavy (non-hydrogen) atoms. The summed E-state index contributed by atoms with van der Waals surface area (Å²) in [5.41, 5.74) is 6.89. The van der Waals surface area contributed by atoms with Crippen molar-refractivity contribution in [1.82, 2.24) is 9.97 Å². The van der Waals surface area contributed by atoms with Crippen molar-refractivity contribution in [1.29, 1.82) is 0 Å². The fourth-order valence-electron chi connectivity index (χ4n) is 3.03. The molecule has 1 aromatic carbocycles. The standard InChI is InChI=1S/C23H22F3N5O3S/c1-2-12-31(22(27)33)19-13-15(9-11-28-19)14-35-21-18(4-3-10-29-21)20(32)30-16-5-7-17(8-6-16)34-23(24,25)26/h3-11,13H,2,12,14H2,1H3,(H2,27,33)(H,30,32). The van der Waals surface area contributed by atoms with Gasteiger partial charge in [-0.3, -0.25) is 9.69 Å². The van der Waals surface area contributed by atoms with Gasteiger partial charge in [-0.25, -0.2) is 14.8 Å². The third-order valence-electron chi connectivity index (χ3n) is 4.54. The molecule has 3 aromatic rings. The number of aromatic nitrogens is 2. The molecule has 3 N–H and O–H groups in total. The Morgan fingerprint density at radius 2 is 1.86 bits per heavy atom. The van der Waals surface area contributed by atoms with Gasteiger partial charge >= 0.3 is 12.4 Å². The van der Waals surface area contributed by atoms with E-state index >= 15 is 0 Å². The summed E-state index contributed by atoms with van der Waals surface area (Å²) in [7, 11) is 0. The maximum absolute atomic E-state index is 12.8. The van der Waals surface area contributed by atoms with E-state index in [-0.39, 0.29) is 0 Å². The third kappa shape index (κ3) is 7.60. The van der Waals surface area contributed by atoms with Crippen LogP contribution in [0.3, 0.4) is 0 Å². The van der Waals surface area contributed by atoms with Gasteiger partial charge in [0.15, 0.2) is 0 Å². The first kappa shape index (κ1) is 25.8. The average Bonchev–Trinajstić information content (AvgIpc) is 2.81. The zero-order chi connectivity index (χ0) is 25.4. The van der Waals surface area contributed by atoms with Gasteiger partial charge in [-0.05, 0) is 60.5 Å². The molecular formula is C23H22F3N5O3S. The molecule has 184 valence electrons. The Bertz CT molecular complexity index is 1180. The Hall–Kier alpha value is -3.80. The highest BCUT2D eigenvalue weighted by atomic mass is 32.2. The quantitative estimate of drug-likeness (QED) is 0.386. The number of ether oxygens (including phenoxy) is 1. The summed E-state index contributed by atoms with van der Waals surface area (Å²) in [6.45, 7) is 2.36. The molecule has 8 nitrogen and oxygen atoms in total. The number of thioether (sulfide) groups is 1. The molecule has 3 rings (SSSR count). The second kappa shape index (κ2) is 11.6. The number of nitrogens with two attached hydrogens (primary N) is 1. The summed E-state index contributed by atoms with van der Waals surface area (Å²) in [6, 6.07) is 11.0. The van der Waals surface area contributed by atoms with Gasteiger partial charge in [0, 0.05) is 30.4 Å². The molecule has 3 amide bonds. The van der Waals surface area contributed by atoms with E-state index in [1.807, 2.05) is 6.92 Å². The van der Waals surface area contributed by atoms with Crippen LogP contribution in [-0.4, -0.2) is 34.8 Å². The van der Waals surface area contributed by atoms with Crippen LogP contribution in [0.25, 0.3) is 0 Å². The van der Waals surface area contributed by atoms with E-state index in [2.05, 4.69) is 20.0 Å². The minimum atomic E-state index is -4.80. The first-order valence-corrected chi connectivity index (χ1v) is 11.4. The largest absolute Gasteiger partial charge is 0.573 e. The van der Waals surface area contributed by atoms with Gasteiger partial charge < -0.3 is 15.8 Å². The molecule has 0 radical (unpaired) electrons. The first-order valence-electron chi connectivity index (χ1n) is 10.4. The van der Waals surface area contributed by atoms with Crippen LogP contribution in [-0.2, 0) is 5.75 Å². The van der Waals surface area contributed by atoms with Crippen LogP contribution in [0.15, 0.2) is 66.0 Å². The van der Waals surface area contributed by atoms with Crippen molar-refractivity contribution >= 4 is 35.2 Å². The van der Waals surface area contributed by atoms with E-state index in [1.54, 1.807) is 36.7 Å². The number of primary amides is 1. The Morgan fingerprint density at radius 1 is 1.11 bits per heavy atom. The van der Waals surface area contributed by atoms with Crippen LogP contribution in [0, 0.1) is 0 Å². The van der Waals surface area contributed by atoms with Gasteiger partial charge in [0.1, 0.15) is 16.6 Å². The summed E-state index contributed by atoms with van der Waals surface area (Å²) in [5.74, 6) is 0.0195. The molecule has 0 unspecified atom stereocenters. The summed E-state index contributed by atoms with van der Waals surface area (Å²) in [4.78, 5) is 34.4. The Kier molecular flexibility index (Phi) is 8.53. The van der Waals surface area contributed by atoms with Gasteiger partial charge in [-0.15, -0.1) is 24.9 Å². The molecule has 0 saturated heterocycles. The van der Waals surface area contributed by atoms with Crippen molar-refractivity contribution in [2.24, 2.45) is 5.73 Å². The minimum absolute atomic E-state index is 0.297. The third-order valence-corrected chi connectivity index (χ3v) is 5.61. The topological polar surface area (TPSA) is 110 Å². The highest BCUT2D eigenvalue weighted by Gasteiger charge is 2.31. The van der Waals surface area contributed by atoms with Gasteiger partial charge in [0.05, 0.1) is 5.56 Å². The summed E-state index contributed by atoms with van der Waals surface area (Å²) in [6.07, 6.45) is -0.949. The maximum Gasteiger partial charge on any atom is 0.573 e. The van der Waals surface area contributed by atoms with E-state index in [0.29, 0.717) is 40.8 Å². The summed E-state index contributed by atoms with van der Waals surface area (Å²) < 4.78 is 40.8. The maximum atomic E-state index is 12.8. The van der Waals surface area contributed by atoms with Crippen LogP contribution in [0.2, 0.25) is 0 Å². The van der Waals surface area contributed by atoms with Crippen LogP contribution in [0.4, 0.5) is 29.5 Å². The number of carbonyl (C=O) groups is 2. The molecule has 2 heterocycles. The molecule has 0 aliphatic rings. The van der Waals surface area contributed by atoms with Crippen molar-refractivity contribution in [3.63, 3.8) is 0 Å². The number of alkyl halides is 3. The number of pyridine rings is 2. The molecule has 0 aliphatic heterocycles. The summed E-state index contributed by atoms with van der Waals surface area (Å²) >= 11 is 1.31. The number of nitrogens with one attached hydrogen (secondary N) is 1. The Morgan fingerprint density at radius 3 is 2.51 bits per heavy atom. The number of benzene rings is 1. The normalized spacial score (nSPS) is 11.1. The van der Waals surface area contributed by atoms with Crippen LogP contribution in [0.5, 0.6) is 5.75 Å². The SMILES string of the molecule is CCCN(C(N)=O)c1cc(CSc2ncccc2C(=O)Nc2ccc(OC(F)(F)F)cc2)ccn1. The number of anilines is 2. The van der Waals surface area contributed by atoms with Crippen molar-refractivity contribution in [3.8, 4) is 5.75 Å². The lowest BCUT2D eigenvalue weighted by atomic mass is 10.2. The van der Waals surface area contributed by atoms with Gasteiger partial charge in [0.25, 0.3) is 5.91 Å². The van der Waals surface area contributed by atoms with Crippen molar-refractivity contribution in [2.45, 2.75) is 30.5 Å². The van der Waals surface area contributed by atoms with Gasteiger partial charge in [-0.2, -0.15) is 0 Å². The zero-order valence-corrected chi connectivity index (χ0v) is 19.4. The van der Waals surface area contributed by atoms with E-state index in [1.165, 1.54) is 28.8 Å². The molecule has 12 heteroatoms. The lowest BCUT2D eigenvalue weighted by molar-refractivity contribution is -0.274. The second-order valence-electron chi connectivity index (χ2n) is 7.18. The number of amides is 3. The molecule has 0 aliphatic carbocycles. The van der Waals surface area contributed by atoms with Crippen LogP contribution < -0.4 is 20.7 Å². The number of carbonyl (C=O) groups excluding carboxylic acids is 2. The molecule has 0 fully saturated rings. The minimum Gasteiger partial charge on any atom is -0.406 e. The van der Waals surface area contributed by atoms with Gasteiger partial charge in [0.2, 0.25) is 0 Å². The average molecular weight is 506 g/mol. The predicted molar refractivity (Wildman–Crippen MR) is 126 cm³/mol. The van der Waals surface area contributed by atoms with Gasteiger partial charge in [-0.1, -0.05) is 6.92 Å². The molecule has 0 saturated carbocycles. The molecular weight excluding hydrogens is 483 g/mol. The fraction of sp³-hybridized carbons (Fsp3) is 0.217. The monoisotopic (exact) mass is 505 g/mol. The highest BCUT2D eigenvalue weighted by Crippen LogP contribution is 2.27. The van der Waals surface area contributed by atoms with Crippen molar-refractivity contribution in [3.05, 3.63) is 72.1 Å². The van der Waals surface area contributed by atoms with E-state index < -0.39 is 24.1 Å². The number of nitrogens with zero attached hydrogens (tertiary/aromatic N) is 3. The number of hydrogen-bond donors (Lipinski definition) is 2. The molecule has 0 spiro atoms. The Labute approximate surface area is 203 Å². The predicted octanol–water partition coefficient (Wildman–Crippen LogP) is 5.21. The van der Waals surface area contributed by atoms with Crippen LogP contribution in [0.1, 0.15) is 29.3 Å². The second-order valence-corrected chi connectivity index (χ2v) is 8.15. The number of halogens is 3. The van der Waals surface area contributed by atoms with E-state index in [9.17, 15) is 22.8 Å². The zero-order valence-electron chi connectivity index (χ0n) is 18.6. The number of hydrogen-bond acceptors (Lipinski definition) is 6. The lowest BCUT2D eigenvalue weighted by Gasteiger charge is -2.19. The molecule has 0 bridgehead atoms. The number of rotatable bonds is 9. The van der Waals surface area contributed by atoms with E-state index in [0.717, 1.165) is 17.7 Å². The number of urea groups is 1. The lowest BCUT2D eigenvalue weighted by Crippen LogP contribution is -2.36. The van der Waals surface area contributed by atoms with Crippen molar-refractivity contribution < 1.29 is 27.5 Å². The molecule has 2 aromatic heterocycles. The smallest absolute Gasteiger partial charge is 0.406 e. The highest BCUT2D eigenvalue weighted by molar-refractivity contribution is 7.98.